The van der Waals surface area contributed by atoms with Crippen molar-refractivity contribution in [1.29, 1.82) is 0 Å². The molecule has 4 heterocycles. The molecule has 4 aromatic heterocycles. The van der Waals surface area contributed by atoms with Crippen molar-refractivity contribution in [1.82, 2.24) is 24.6 Å². The van der Waals surface area contributed by atoms with Gasteiger partial charge in [0.2, 0.25) is 5.91 Å². The van der Waals surface area contributed by atoms with Crippen molar-refractivity contribution in [3.63, 3.8) is 0 Å². The van der Waals surface area contributed by atoms with Gasteiger partial charge in [-0.25, -0.2) is 14.5 Å². The summed E-state index contributed by atoms with van der Waals surface area (Å²) in [7, 11) is 0. The lowest BCUT2D eigenvalue weighted by Crippen LogP contribution is -2.12. The lowest BCUT2D eigenvalue weighted by molar-refractivity contribution is -0.117. The fraction of sp³-hybridized carbons (Fsp3) is 0.300. The van der Waals surface area contributed by atoms with Crippen LogP contribution in [-0.2, 0) is 4.79 Å². The molecule has 1 fully saturated rings. The summed E-state index contributed by atoms with van der Waals surface area (Å²) in [6.07, 6.45) is 5.50. The number of rotatable bonds is 5. The standard InChI is InChI=1S/C20H18N6O2S/c1-3-16(27)14-6-10(2)13(8-21-14)12-7-15-19(26-17(12)22-9-23-26)29-20(24-15)25-18(28)11-4-5-11/h6-9,11H,3-5H2,1-2H3,(H,24,25,28). The van der Waals surface area contributed by atoms with Crippen LogP contribution < -0.4 is 5.32 Å². The monoisotopic (exact) mass is 406 g/mol. The molecule has 0 radical (unpaired) electrons. The number of ketones is 1. The Morgan fingerprint density at radius 3 is 2.79 bits per heavy atom. The number of nitrogens with one attached hydrogen (secondary N) is 1. The molecule has 0 aliphatic heterocycles. The van der Waals surface area contributed by atoms with Crippen LogP contribution in [0.5, 0.6) is 0 Å². The van der Waals surface area contributed by atoms with E-state index in [1.54, 1.807) is 16.8 Å². The van der Waals surface area contributed by atoms with Gasteiger partial charge in [0, 0.05) is 29.7 Å². The van der Waals surface area contributed by atoms with Gasteiger partial charge in [-0.05, 0) is 37.5 Å². The predicted molar refractivity (Wildman–Crippen MR) is 110 cm³/mol. The summed E-state index contributed by atoms with van der Waals surface area (Å²) in [5, 5.41) is 7.81. The molecule has 0 aromatic carbocycles. The number of nitrogens with zero attached hydrogens (tertiary/aromatic N) is 5. The van der Waals surface area contributed by atoms with Crippen LogP contribution in [0.3, 0.4) is 0 Å². The van der Waals surface area contributed by atoms with Gasteiger partial charge >= 0.3 is 0 Å². The molecule has 9 heteroatoms. The number of carbonyl (C=O) groups is 2. The van der Waals surface area contributed by atoms with Crippen LogP contribution in [0, 0.1) is 12.8 Å². The van der Waals surface area contributed by atoms with Gasteiger partial charge < -0.3 is 5.32 Å². The number of carbonyl (C=O) groups excluding carboxylic acids is 2. The summed E-state index contributed by atoms with van der Waals surface area (Å²) in [6, 6.07) is 3.74. The molecular formula is C20H18N6O2S. The van der Waals surface area contributed by atoms with E-state index in [2.05, 4.69) is 25.4 Å². The lowest BCUT2D eigenvalue weighted by atomic mass is 10.0. The van der Waals surface area contributed by atoms with E-state index in [1.165, 1.54) is 17.7 Å². The Morgan fingerprint density at radius 1 is 1.24 bits per heavy atom. The number of aryl methyl sites for hydroxylation is 1. The number of thiazole rings is 1. The summed E-state index contributed by atoms with van der Waals surface area (Å²) in [5.41, 5.74) is 4.50. The average molecular weight is 406 g/mol. The Kier molecular flexibility index (Phi) is 4.13. The summed E-state index contributed by atoms with van der Waals surface area (Å²) >= 11 is 1.38. The minimum Gasteiger partial charge on any atom is -0.302 e. The van der Waals surface area contributed by atoms with Gasteiger partial charge in [-0.1, -0.05) is 18.3 Å². The van der Waals surface area contributed by atoms with E-state index in [4.69, 9.17) is 0 Å². The number of hydrogen-bond acceptors (Lipinski definition) is 7. The number of Topliss-reactive ketones (excluding diaryl/α,β-unsaturated/α-hetero) is 1. The number of hydrogen-bond donors (Lipinski definition) is 1. The maximum atomic E-state index is 12.1. The Bertz CT molecular complexity index is 1290. The third kappa shape index (κ3) is 3.07. The van der Waals surface area contributed by atoms with Crippen LogP contribution in [0.25, 0.3) is 27.1 Å². The Balaban J connectivity index is 1.62. The molecule has 1 aliphatic carbocycles. The maximum Gasteiger partial charge on any atom is 0.229 e. The quantitative estimate of drug-likeness (QED) is 0.508. The zero-order valence-electron chi connectivity index (χ0n) is 16.0. The second-order valence-corrected chi connectivity index (χ2v) is 8.17. The molecule has 1 aliphatic rings. The SMILES string of the molecule is CCC(=O)c1cc(C)c(-c2cc3nc(NC(=O)C4CC4)sc3n3ncnc23)cn1. The zero-order valence-corrected chi connectivity index (χ0v) is 16.8. The van der Waals surface area contributed by atoms with Crippen LogP contribution in [-0.4, -0.2) is 36.3 Å². The van der Waals surface area contributed by atoms with E-state index < -0.39 is 0 Å². The van der Waals surface area contributed by atoms with Crippen LogP contribution >= 0.6 is 11.3 Å². The highest BCUT2D eigenvalue weighted by molar-refractivity contribution is 7.22. The number of anilines is 1. The first-order valence-corrected chi connectivity index (χ1v) is 10.3. The van der Waals surface area contributed by atoms with Crippen molar-refractivity contribution in [2.75, 3.05) is 5.32 Å². The normalized spacial score (nSPS) is 13.9. The predicted octanol–water partition coefficient (Wildman–Crippen LogP) is 3.65. The first-order chi connectivity index (χ1) is 14.0. The van der Waals surface area contributed by atoms with E-state index in [9.17, 15) is 9.59 Å². The first kappa shape index (κ1) is 17.9. The van der Waals surface area contributed by atoms with Crippen LogP contribution in [0.1, 0.15) is 42.2 Å². The number of pyridine rings is 2. The van der Waals surface area contributed by atoms with E-state index in [1.807, 2.05) is 19.9 Å². The number of fused-ring (bicyclic) bond motifs is 3. The van der Waals surface area contributed by atoms with Gasteiger partial charge in [-0.2, -0.15) is 5.10 Å². The van der Waals surface area contributed by atoms with Crippen molar-refractivity contribution in [3.8, 4) is 11.1 Å². The van der Waals surface area contributed by atoms with Crippen molar-refractivity contribution in [2.45, 2.75) is 33.1 Å². The van der Waals surface area contributed by atoms with Gasteiger partial charge in [0.1, 0.15) is 22.4 Å². The molecule has 29 heavy (non-hydrogen) atoms. The molecule has 0 spiro atoms. The smallest absolute Gasteiger partial charge is 0.229 e. The van der Waals surface area contributed by atoms with Crippen LogP contribution in [0.15, 0.2) is 24.7 Å². The molecule has 0 saturated heterocycles. The first-order valence-electron chi connectivity index (χ1n) is 9.49. The summed E-state index contributed by atoms with van der Waals surface area (Å²) in [5.74, 6) is 0.149. The summed E-state index contributed by atoms with van der Waals surface area (Å²) in [6.45, 7) is 3.77. The van der Waals surface area contributed by atoms with E-state index in [-0.39, 0.29) is 17.6 Å². The van der Waals surface area contributed by atoms with Crippen molar-refractivity contribution in [2.24, 2.45) is 5.92 Å². The molecule has 8 nitrogen and oxygen atoms in total. The number of aromatic nitrogens is 5. The van der Waals surface area contributed by atoms with Crippen LogP contribution in [0.4, 0.5) is 5.13 Å². The summed E-state index contributed by atoms with van der Waals surface area (Å²) < 4.78 is 1.74. The molecule has 146 valence electrons. The molecule has 4 aromatic rings. The highest BCUT2D eigenvalue weighted by Gasteiger charge is 2.30. The summed E-state index contributed by atoms with van der Waals surface area (Å²) in [4.78, 5) is 38.2. The van der Waals surface area contributed by atoms with Gasteiger partial charge in [0.15, 0.2) is 16.6 Å². The molecule has 5 rings (SSSR count). The van der Waals surface area contributed by atoms with Crippen LogP contribution in [0.2, 0.25) is 0 Å². The molecule has 0 atom stereocenters. The van der Waals surface area contributed by atoms with E-state index in [0.29, 0.717) is 22.9 Å². The fourth-order valence-corrected chi connectivity index (χ4v) is 4.23. The Labute approximate surface area is 170 Å². The van der Waals surface area contributed by atoms with Crippen molar-refractivity contribution < 1.29 is 9.59 Å². The largest absolute Gasteiger partial charge is 0.302 e. The molecule has 0 bridgehead atoms. The highest BCUT2D eigenvalue weighted by Crippen LogP contribution is 2.35. The topological polar surface area (TPSA) is 102 Å². The van der Waals surface area contributed by atoms with E-state index >= 15 is 0 Å². The highest BCUT2D eigenvalue weighted by atomic mass is 32.1. The Morgan fingerprint density at radius 2 is 2.07 bits per heavy atom. The van der Waals surface area contributed by atoms with Crippen molar-refractivity contribution >= 4 is 44.2 Å². The fourth-order valence-electron chi connectivity index (χ4n) is 3.32. The number of amides is 1. The molecular weight excluding hydrogens is 388 g/mol. The molecule has 1 saturated carbocycles. The maximum absolute atomic E-state index is 12.1. The van der Waals surface area contributed by atoms with Gasteiger partial charge in [-0.3, -0.25) is 14.6 Å². The third-order valence-electron chi connectivity index (χ3n) is 5.08. The minimum atomic E-state index is 0.0123. The van der Waals surface area contributed by atoms with Crippen molar-refractivity contribution in [3.05, 3.63) is 35.9 Å². The van der Waals surface area contributed by atoms with E-state index in [0.717, 1.165) is 39.9 Å². The molecule has 1 N–H and O–H groups in total. The minimum absolute atomic E-state index is 0.0123. The van der Waals surface area contributed by atoms with Gasteiger partial charge in [0.05, 0.1) is 0 Å². The third-order valence-corrected chi connectivity index (χ3v) is 6.04. The molecule has 1 amide bonds. The zero-order chi connectivity index (χ0) is 20.1. The Hall–Kier alpha value is -3.20. The second kappa shape index (κ2) is 6.70. The lowest BCUT2D eigenvalue weighted by Gasteiger charge is -2.08. The van der Waals surface area contributed by atoms with Gasteiger partial charge in [0.25, 0.3) is 0 Å². The van der Waals surface area contributed by atoms with Gasteiger partial charge in [-0.15, -0.1) is 0 Å². The second-order valence-electron chi connectivity index (χ2n) is 7.19. The molecule has 0 unspecified atom stereocenters. The average Bonchev–Trinajstić information content (AvgIpc) is 3.31.